The summed E-state index contributed by atoms with van der Waals surface area (Å²) in [7, 11) is -1.32. The molecule has 0 aromatic heterocycles. The van der Waals surface area contributed by atoms with Crippen molar-refractivity contribution in [1.29, 1.82) is 0 Å². The minimum absolute atomic E-state index is 0.0342. The van der Waals surface area contributed by atoms with Gasteiger partial charge in [0.1, 0.15) is 0 Å². The minimum Gasteiger partial charge on any atom is -0.339 e. The van der Waals surface area contributed by atoms with Gasteiger partial charge in [0.15, 0.2) is 0 Å². The molecule has 25 heavy (non-hydrogen) atoms. The molecule has 2 aliphatic rings. The average molecular weight is 365 g/mol. The summed E-state index contributed by atoms with van der Waals surface area (Å²) in [6.07, 6.45) is 4.47. The average Bonchev–Trinajstić information content (AvgIpc) is 2.97. The number of rotatable bonds is 6. The molecule has 2 bridgehead atoms. The van der Waals surface area contributed by atoms with Gasteiger partial charge >= 0.3 is 0 Å². The molecule has 138 valence electrons. The lowest BCUT2D eigenvalue weighted by Crippen LogP contribution is -2.48. The monoisotopic (exact) mass is 365 g/mol. The second-order valence-corrected chi connectivity index (χ2v) is 9.20. The van der Waals surface area contributed by atoms with Gasteiger partial charge in [-0.05, 0) is 50.3 Å². The van der Waals surface area contributed by atoms with Crippen LogP contribution in [0.2, 0.25) is 0 Å². The maximum absolute atomic E-state index is 12.7. The standard InChI is InChI=1S/C18H27N3O3S/c1-3-25(23,24)19-12-13-4-6-14(7-5-13)18(22)21(2)17-10-15-8-9-16(11-17)20-15/h4-7,15-17,19-20H,3,8-12H2,1-2H3. The molecule has 2 heterocycles. The lowest BCUT2D eigenvalue weighted by atomic mass is 9.98. The van der Waals surface area contributed by atoms with Crippen LogP contribution < -0.4 is 10.0 Å². The quantitative estimate of drug-likeness (QED) is 0.800. The van der Waals surface area contributed by atoms with Crippen LogP contribution in [-0.4, -0.2) is 50.2 Å². The van der Waals surface area contributed by atoms with Gasteiger partial charge in [-0.25, -0.2) is 13.1 Å². The fraction of sp³-hybridized carbons (Fsp3) is 0.611. The van der Waals surface area contributed by atoms with Gasteiger partial charge in [0, 0.05) is 37.3 Å². The summed E-state index contributed by atoms with van der Waals surface area (Å²) in [6, 6.07) is 8.58. The second-order valence-electron chi connectivity index (χ2n) is 7.10. The Morgan fingerprint density at radius 2 is 1.80 bits per heavy atom. The zero-order valence-corrected chi connectivity index (χ0v) is 15.7. The van der Waals surface area contributed by atoms with Gasteiger partial charge in [-0.1, -0.05) is 12.1 Å². The van der Waals surface area contributed by atoms with E-state index >= 15 is 0 Å². The molecule has 0 saturated carbocycles. The summed E-state index contributed by atoms with van der Waals surface area (Å²) < 4.78 is 25.5. The number of benzene rings is 1. The number of hydrogen-bond acceptors (Lipinski definition) is 4. The highest BCUT2D eigenvalue weighted by atomic mass is 32.2. The predicted molar refractivity (Wildman–Crippen MR) is 97.8 cm³/mol. The summed E-state index contributed by atoms with van der Waals surface area (Å²) >= 11 is 0. The molecule has 0 aliphatic carbocycles. The molecule has 2 fully saturated rings. The molecule has 2 saturated heterocycles. The zero-order valence-electron chi connectivity index (χ0n) is 14.9. The van der Waals surface area contributed by atoms with E-state index in [0.29, 0.717) is 23.7 Å². The van der Waals surface area contributed by atoms with Gasteiger partial charge in [-0.3, -0.25) is 4.79 Å². The number of nitrogens with one attached hydrogen (secondary N) is 2. The number of amides is 1. The van der Waals surface area contributed by atoms with Gasteiger partial charge in [-0.2, -0.15) is 0 Å². The first kappa shape index (κ1) is 18.4. The number of hydrogen-bond donors (Lipinski definition) is 2. The van der Waals surface area contributed by atoms with Gasteiger partial charge in [-0.15, -0.1) is 0 Å². The van der Waals surface area contributed by atoms with Crippen LogP contribution in [0.15, 0.2) is 24.3 Å². The van der Waals surface area contributed by atoms with E-state index in [0.717, 1.165) is 18.4 Å². The van der Waals surface area contributed by atoms with Gasteiger partial charge in [0.25, 0.3) is 5.91 Å². The molecule has 2 aliphatic heterocycles. The highest BCUT2D eigenvalue weighted by Crippen LogP contribution is 2.29. The number of carbonyl (C=O) groups excluding carboxylic acids is 1. The van der Waals surface area contributed by atoms with Gasteiger partial charge in [0.2, 0.25) is 10.0 Å². The van der Waals surface area contributed by atoms with Crippen LogP contribution in [0.5, 0.6) is 0 Å². The number of nitrogens with zero attached hydrogens (tertiary/aromatic N) is 1. The third-order valence-corrected chi connectivity index (χ3v) is 6.74. The Balaban J connectivity index is 1.60. The van der Waals surface area contributed by atoms with Crippen molar-refractivity contribution in [1.82, 2.24) is 14.9 Å². The summed E-state index contributed by atoms with van der Waals surface area (Å²) in [5.41, 5.74) is 1.49. The first-order valence-corrected chi connectivity index (χ1v) is 10.6. The maximum Gasteiger partial charge on any atom is 0.253 e. The molecule has 0 spiro atoms. The smallest absolute Gasteiger partial charge is 0.253 e. The van der Waals surface area contributed by atoms with Crippen molar-refractivity contribution in [3.63, 3.8) is 0 Å². The van der Waals surface area contributed by atoms with Crippen molar-refractivity contribution in [2.75, 3.05) is 12.8 Å². The fourth-order valence-electron chi connectivity index (χ4n) is 3.77. The molecule has 1 amide bonds. The van der Waals surface area contributed by atoms with Crippen LogP contribution >= 0.6 is 0 Å². The number of piperidine rings is 1. The van der Waals surface area contributed by atoms with Gasteiger partial charge in [0.05, 0.1) is 5.75 Å². The third kappa shape index (κ3) is 4.40. The number of fused-ring (bicyclic) bond motifs is 2. The molecule has 1 aromatic carbocycles. The molecule has 6 nitrogen and oxygen atoms in total. The Hall–Kier alpha value is -1.44. The molecule has 0 radical (unpaired) electrons. The van der Waals surface area contributed by atoms with E-state index < -0.39 is 10.0 Å². The van der Waals surface area contributed by atoms with Crippen molar-refractivity contribution >= 4 is 15.9 Å². The number of sulfonamides is 1. The number of carbonyl (C=O) groups is 1. The van der Waals surface area contributed by atoms with E-state index in [9.17, 15) is 13.2 Å². The molecule has 2 unspecified atom stereocenters. The Morgan fingerprint density at radius 3 is 2.36 bits per heavy atom. The SMILES string of the molecule is CCS(=O)(=O)NCc1ccc(C(=O)N(C)C2CC3CCC(C2)N3)cc1. The summed E-state index contributed by atoms with van der Waals surface area (Å²) in [6.45, 7) is 1.85. The van der Waals surface area contributed by atoms with Gasteiger partial charge < -0.3 is 10.2 Å². The highest BCUT2D eigenvalue weighted by Gasteiger charge is 2.36. The van der Waals surface area contributed by atoms with Crippen LogP contribution in [-0.2, 0) is 16.6 Å². The Kier molecular flexibility index (Phi) is 5.46. The van der Waals surface area contributed by atoms with Crippen LogP contribution in [0.4, 0.5) is 0 Å². The van der Waals surface area contributed by atoms with E-state index in [4.69, 9.17) is 0 Å². The van der Waals surface area contributed by atoms with Crippen LogP contribution in [0, 0.1) is 0 Å². The first-order chi connectivity index (χ1) is 11.9. The molecule has 2 atom stereocenters. The molecule has 3 rings (SSSR count). The molecule has 2 N–H and O–H groups in total. The van der Waals surface area contributed by atoms with E-state index in [-0.39, 0.29) is 18.2 Å². The first-order valence-electron chi connectivity index (χ1n) is 8.97. The lowest BCUT2D eigenvalue weighted by molar-refractivity contribution is 0.0681. The minimum atomic E-state index is -3.21. The van der Waals surface area contributed by atoms with Crippen LogP contribution in [0.3, 0.4) is 0 Å². The maximum atomic E-state index is 12.7. The third-order valence-electron chi connectivity index (χ3n) is 5.39. The fourth-order valence-corrected chi connectivity index (χ4v) is 4.36. The highest BCUT2D eigenvalue weighted by molar-refractivity contribution is 7.89. The van der Waals surface area contributed by atoms with Crippen molar-refractivity contribution in [2.45, 2.75) is 57.3 Å². The zero-order chi connectivity index (χ0) is 18.0. The van der Waals surface area contributed by atoms with E-state index in [1.54, 1.807) is 19.1 Å². The topological polar surface area (TPSA) is 78.5 Å². The van der Waals surface area contributed by atoms with Crippen molar-refractivity contribution in [3.8, 4) is 0 Å². The normalized spacial score (nSPS) is 25.8. The molecule has 1 aromatic rings. The van der Waals surface area contributed by atoms with E-state index in [1.165, 1.54) is 12.8 Å². The van der Waals surface area contributed by atoms with Crippen molar-refractivity contribution < 1.29 is 13.2 Å². The van der Waals surface area contributed by atoms with Crippen molar-refractivity contribution in [2.24, 2.45) is 0 Å². The Morgan fingerprint density at radius 1 is 1.20 bits per heavy atom. The molecule has 7 heteroatoms. The summed E-state index contributed by atoms with van der Waals surface area (Å²) in [5.74, 6) is 0.0964. The largest absolute Gasteiger partial charge is 0.339 e. The molecular weight excluding hydrogens is 338 g/mol. The summed E-state index contributed by atoms with van der Waals surface area (Å²) in [4.78, 5) is 14.6. The van der Waals surface area contributed by atoms with Crippen LogP contribution in [0.25, 0.3) is 0 Å². The molecular formula is C18H27N3O3S. The Labute approximate surface area is 150 Å². The lowest BCUT2D eigenvalue weighted by Gasteiger charge is -2.35. The predicted octanol–water partition coefficient (Wildman–Crippen LogP) is 1.48. The Bertz CT molecular complexity index is 706. The van der Waals surface area contributed by atoms with E-state index in [2.05, 4.69) is 10.0 Å². The summed E-state index contributed by atoms with van der Waals surface area (Å²) in [5, 5.41) is 3.60. The second kappa shape index (κ2) is 7.43. The van der Waals surface area contributed by atoms with Crippen molar-refractivity contribution in [3.05, 3.63) is 35.4 Å². The van der Waals surface area contributed by atoms with E-state index in [1.807, 2.05) is 24.1 Å². The van der Waals surface area contributed by atoms with Crippen LogP contribution in [0.1, 0.15) is 48.5 Å².